The molecule has 21 heavy (non-hydrogen) atoms. The van der Waals surface area contributed by atoms with Crippen LogP contribution in [0.2, 0.25) is 0 Å². The Kier molecular flexibility index (Phi) is 3.26. The zero-order valence-corrected chi connectivity index (χ0v) is 11.4. The van der Waals surface area contributed by atoms with Gasteiger partial charge in [0.1, 0.15) is 17.9 Å². The van der Waals surface area contributed by atoms with Gasteiger partial charge in [0.15, 0.2) is 0 Å². The summed E-state index contributed by atoms with van der Waals surface area (Å²) in [5, 5.41) is 21.8. The summed E-state index contributed by atoms with van der Waals surface area (Å²) in [5.41, 5.74) is 0.966. The number of nitrogens with one attached hydrogen (secondary N) is 1. The summed E-state index contributed by atoms with van der Waals surface area (Å²) in [7, 11) is 0. The lowest BCUT2D eigenvalue weighted by molar-refractivity contribution is -0.125. The fourth-order valence-corrected chi connectivity index (χ4v) is 2.96. The molecule has 1 atom stereocenters. The highest BCUT2D eigenvalue weighted by Gasteiger charge is 2.38. The molecule has 6 heteroatoms. The molecule has 108 valence electrons. The predicted octanol–water partition coefficient (Wildman–Crippen LogP) is 0.888. The third kappa shape index (κ3) is 2.11. The van der Waals surface area contributed by atoms with Crippen molar-refractivity contribution >= 4 is 11.8 Å². The number of rotatable bonds is 1. The summed E-state index contributed by atoms with van der Waals surface area (Å²) in [6, 6.07) is 4.37. The van der Waals surface area contributed by atoms with Crippen LogP contribution in [0.1, 0.15) is 40.7 Å². The van der Waals surface area contributed by atoms with Gasteiger partial charge in [-0.3, -0.25) is 9.59 Å². The number of hydrogen-bond donors (Lipinski definition) is 2. The first kappa shape index (κ1) is 13.4. The van der Waals surface area contributed by atoms with Crippen molar-refractivity contribution in [1.82, 2.24) is 10.2 Å². The van der Waals surface area contributed by atoms with Crippen molar-refractivity contribution < 1.29 is 14.7 Å². The SMILES string of the molecule is N#Cc1ccc2c(c1O)CN([C@H]1CCCCNC1=O)C2=O. The van der Waals surface area contributed by atoms with Crippen molar-refractivity contribution in [3.05, 3.63) is 28.8 Å². The average molecular weight is 285 g/mol. The number of hydrogen-bond acceptors (Lipinski definition) is 4. The van der Waals surface area contributed by atoms with E-state index in [1.807, 2.05) is 6.07 Å². The molecule has 2 aliphatic rings. The maximum atomic E-state index is 12.5. The summed E-state index contributed by atoms with van der Waals surface area (Å²) < 4.78 is 0. The van der Waals surface area contributed by atoms with E-state index in [-0.39, 0.29) is 29.7 Å². The number of amides is 2. The zero-order chi connectivity index (χ0) is 15.0. The summed E-state index contributed by atoms with van der Waals surface area (Å²) >= 11 is 0. The number of fused-ring (bicyclic) bond motifs is 1. The van der Waals surface area contributed by atoms with Gasteiger partial charge in [-0.25, -0.2) is 0 Å². The molecule has 1 fully saturated rings. The Morgan fingerprint density at radius 1 is 1.33 bits per heavy atom. The smallest absolute Gasteiger partial charge is 0.255 e. The van der Waals surface area contributed by atoms with E-state index in [1.165, 1.54) is 11.0 Å². The molecule has 0 radical (unpaired) electrons. The van der Waals surface area contributed by atoms with E-state index in [0.717, 1.165) is 12.8 Å². The average Bonchev–Trinajstić information content (AvgIpc) is 2.67. The maximum Gasteiger partial charge on any atom is 0.255 e. The molecule has 2 N–H and O–H groups in total. The lowest BCUT2D eigenvalue weighted by atomic mass is 10.1. The third-order valence-electron chi connectivity index (χ3n) is 4.11. The molecule has 1 aromatic carbocycles. The first-order valence-corrected chi connectivity index (χ1v) is 6.97. The van der Waals surface area contributed by atoms with Crippen LogP contribution in [-0.2, 0) is 11.3 Å². The summed E-state index contributed by atoms with van der Waals surface area (Å²) in [4.78, 5) is 26.0. The van der Waals surface area contributed by atoms with Crippen LogP contribution in [0.25, 0.3) is 0 Å². The van der Waals surface area contributed by atoms with Crippen LogP contribution < -0.4 is 5.32 Å². The molecule has 0 spiro atoms. The zero-order valence-electron chi connectivity index (χ0n) is 11.4. The molecule has 1 saturated heterocycles. The molecule has 0 unspecified atom stereocenters. The molecule has 2 amide bonds. The lowest BCUT2D eigenvalue weighted by Gasteiger charge is -2.25. The first-order chi connectivity index (χ1) is 10.1. The van der Waals surface area contributed by atoms with Crippen LogP contribution in [-0.4, -0.2) is 34.4 Å². The molecule has 0 bridgehead atoms. The number of benzene rings is 1. The van der Waals surface area contributed by atoms with E-state index >= 15 is 0 Å². The van der Waals surface area contributed by atoms with Gasteiger partial charge < -0.3 is 15.3 Å². The van der Waals surface area contributed by atoms with Gasteiger partial charge in [-0.1, -0.05) is 0 Å². The van der Waals surface area contributed by atoms with E-state index in [1.54, 1.807) is 6.07 Å². The molecule has 6 nitrogen and oxygen atoms in total. The molecule has 2 heterocycles. The second-order valence-corrected chi connectivity index (χ2v) is 5.34. The van der Waals surface area contributed by atoms with E-state index in [9.17, 15) is 14.7 Å². The van der Waals surface area contributed by atoms with E-state index in [2.05, 4.69) is 5.32 Å². The Morgan fingerprint density at radius 2 is 2.14 bits per heavy atom. The van der Waals surface area contributed by atoms with Crippen molar-refractivity contribution in [3.8, 4) is 11.8 Å². The van der Waals surface area contributed by atoms with Crippen molar-refractivity contribution in [3.63, 3.8) is 0 Å². The largest absolute Gasteiger partial charge is 0.506 e. The van der Waals surface area contributed by atoms with Crippen LogP contribution in [0.4, 0.5) is 0 Å². The highest BCUT2D eigenvalue weighted by molar-refractivity contribution is 6.02. The van der Waals surface area contributed by atoms with E-state index in [4.69, 9.17) is 5.26 Å². The molecule has 3 rings (SSSR count). The maximum absolute atomic E-state index is 12.5. The Morgan fingerprint density at radius 3 is 2.90 bits per heavy atom. The Bertz CT molecular complexity index is 663. The lowest BCUT2D eigenvalue weighted by Crippen LogP contribution is -2.45. The topological polar surface area (TPSA) is 93.4 Å². The number of phenols is 1. The van der Waals surface area contributed by atoms with Gasteiger partial charge in [0.05, 0.1) is 12.1 Å². The molecule has 0 saturated carbocycles. The Balaban J connectivity index is 1.95. The number of carbonyl (C=O) groups is 2. The number of carbonyl (C=O) groups excluding carboxylic acids is 2. The Hall–Kier alpha value is -2.55. The first-order valence-electron chi connectivity index (χ1n) is 6.97. The molecule has 0 aliphatic carbocycles. The summed E-state index contributed by atoms with van der Waals surface area (Å²) in [6.07, 6.45) is 2.40. The van der Waals surface area contributed by atoms with Crippen molar-refractivity contribution in [2.75, 3.05) is 6.54 Å². The molecular formula is C15H15N3O3. The number of nitrogens with zero attached hydrogens (tertiary/aromatic N) is 2. The monoisotopic (exact) mass is 285 g/mol. The van der Waals surface area contributed by atoms with Gasteiger partial charge in [-0.15, -0.1) is 0 Å². The van der Waals surface area contributed by atoms with Gasteiger partial charge in [0, 0.05) is 17.7 Å². The molecule has 0 aromatic heterocycles. The summed E-state index contributed by atoms with van der Waals surface area (Å²) in [6.45, 7) is 0.807. The molecule has 2 aliphatic heterocycles. The van der Waals surface area contributed by atoms with Crippen molar-refractivity contribution in [2.45, 2.75) is 31.8 Å². The molecular weight excluding hydrogens is 270 g/mol. The fraction of sp³-hybridized carbons (Fsp3) is 0.400. The van der Waals surface area contributed by atoms with Crippen molar-refractivity contribution in [1.29, 1.82) is 5.26 Å². The predicted molar refractivity (Wildman–Crippen MR) is 73.3 cm³/mol. The standard InChI is InChI=1S/C15H15N3O3/c16-7-9-4-5-10-11(13(9)19)8-18(15(10)21)12-3-1-2-6-17-14(12)20/h4-5,12,19H,1-3,6,8H2,(H,17,20)/t12-/m0/s1. The van der Waals surface area contributed by atoms with Crippen LogP contribution in [0.5, 0.6) is 5.75 Å². The second kappa shape index (κ2) is 5.09. The minimum atomic E-state index is -0.502. The number of phenolic OH excluding ortho intramolecular Hbond substituents is 1. The number of aromatic hydroxyl groups is 1. The van der Waals surface area contributed by atoms with Crippen LogP contribution in [0.15, 0.2) is 12.1 Å². The van der Waals surface area contributed by atoms with E-state index in [0.29, 0.717) is 24.1 Å². The summed E-state index contributed by atoms with van der Waals surface area (Å²) in [5.74, 6) is -0.555. The quantitative estimate of drug-likeness (QED) is 0.801. The Labute approximate surface area is 122 Å². The normalized spacial score (nSPS) is 21.5. The minimum absolute atomic E-state index is 0.145. The van der Waals surface area contributed by atoms with Gasteiger partial charge >= 0.3 is 0 Å². The van der Waals surface area contributed by atoms with Crippen LogP contribution >= 0.6 is 0 Å². The van der Waals surface area contributed by atoms with Gasteiger partial charge in [0.25, 0.3) is 5.91 Å². The number of nitriles is 1. The van der Waals surface area contributed by atoms with Gasteiger partial charge in [-0.05, 0) is 31.4 Å². The van der Waals surface area contributed by atoms with Crippen molar-refractivity contribution in [2.24, 2.45) is 0 Å². The van der Waals surface area contributed by atoms with Crippen LogP contribution in [0.3, 0.4) is 0 Å². The van der Waals surface area contributed by atoms with Gasteiger partial charge in [0.2, 0.25) is 5.91 Å². The van der Waals surface area contributed by atoms with Crippen LogP contribution in [0, 0.1) is 11.3 Å². The third-order valence-corrected chi connectivity index (χ3v) is 4.11. The highest BCUT2D eigenvalue weighted by atomic mass is 16.3. The molecule has 1 aromatic rings. The highest BCUT2D eigenvalue weighted by Crippen LogP contribution is 2.34. The second-order valence-electron chi connectivity index (χ2n) is 5.34. The van der Waals surface area contributed by atoms with Gasteiger partial charge in [-0.2, -0.15) is 5.26 Å². The van der Waals surface area contributed by atoms with E-state index < -0.39 is 6.04 Å². The fourth-order valence-electron chi connectivity index (χ4n) is 2.96. The minimum Gasteiger partial charge on any atom is -0.506 e.